The van der Waals surface area contributed by atoms with Gasteiger partial charge in [0.15, 0.2) is 11.8 Å². The van der Waals surface area contributed by atoms with Crippen LogP contribution in [0.4, 0.5) is 0 Å². The number of halogens is 1. The molecule has 27 heavy (non-hydrogen) atoms. The molecule has 142 valence electrons. The molecule has 0 N–H and O–H groups in total. The lowest BCUT2D eigenvalue weighted by Crippen LogP contribution is -2.40. The molecule has 0 saturated carbocycles. The highest BCUT2D eigenvalue weighted by molar-refractivity contribution is 9.10. The number of amides is 1. The highest BCUT2D eigenvalue weighted by Crippen LogP contribution is 2.16. The molecule has 0 bridgehead atoms. The molecule has 8 heteroatoms. The maximum absolute atomic E-state index is 13.0. The standard InChI is InChI=1S/C19H20BrN3O4/c20-17-8-6-16(7-9-17)19(24)21(11-10-15-4-2-1-3-5-15)12-18-13-22(14-27-18)23(25)26/h1-9,18H,10-14H2/t18-/m0/s1. The molecular formula is C19H20BrN3O4. The summed E-state index contributed by atoms with van der Waals surface area (Å²) in [5, 5.41) is 11.4. The number of hydrazine groups is 1. The topological polar surface area (TPSA) is 75.9 Å². The number of hydrogen-bond acceptors (Lipinski definition) is 4. The van der Waals surface area contributed by atoms with E-state index >= 15 is 0 Å². The van der Waals surface area contributed by atoms with Crippen LogP contribution in [0.2, 0.25) is 0 Å². The van der Waals surface area contributed by atoms with Crippen LogP contribution in [0, 0.1) is 10.1 Å². The Morgan fingerprint density at radius 2 is 1.93 bits per heavy atom. The molecule has 3 rings (SSSR count). The zero-order chi connectivity index (χ0) is 19.2. The van der Waals surface area contributed by atoms with Gasteiger partial charge in [-0.15, -0.1) is 5.01 Å². The highest BCUT2D eigenvalue weighted by atomic mass is 79.9. The molecule has 0 aliphatic carbocycles. The lowest BCUT2D eigenvalue weighted by atomic mass is 10.1. The molecule has 1 aliphatic heterocycles. The first-order chi connectivity index (χ1) is 13.0. The van der Waals surface area contributed by atoms with Crippen LogP contribution in [0.25, 0.3) is 0 Å². The molecule has 2 aromatic rings. The maximum Gasteiger partial charge on any atom is 0.253 e. The smallest absolute Gasteiger partial charge is 0.253 e. The number of nitro groups is 1. The molecule has 1 heterocycles. The Morgan fingerprint density at radius 3 is 2.56 bits per heavy atom. The number of hydrogen-bond donors (Lipinski definition) is 0. The van der Waals surface area contributed by atoms with E-state index < -0.39 is 5.03 Å². The second kappa shape index (κ2) is 8.96. The van der Waals surface area contributed by atoms with Gasteiger partial charge in [0.2, 0.25) is 0 Å². The van der Waals surface area contributed by atoms with Gasteiger partial charge in [0.1, 0.15) is 12.6 Å². The van der Waals surface area contributed by atoms with E-state index in [9.17, 15) is 14.9 Å². The maximum atomic E-state index is 13.0. The fourth-order valence-corrected chi connectivity index (χ4v) is 3.23. The van der Waals surface area contributed by atoms with Crippen molar-refractivity contribution in [3.05, 3.63) is 80.3 Å². The van der Waals surface area contributed by atoms with E-state index in [0.717, 1.165) is 15.0 Å². The second-order valence-electron chi connectivity index (χ2n) is 6.34. The summed E-state index contributed by atoms with van der Waals surface area (Å²) >= 11 is 3.37. The summed E-state index contributed by atoms with van der Waals surface area (Å²) in [5.41, 5.74) is 1.71. The van der Waals surface area contributed by atoms with Gasteiger partial charge in [-0.1, -0.05) is 46.3 Å². The second-order valence-corrected chi connectivity index (χ2v) is 7.25. The van der Waals surface area contributed by atoms with Gasteiger partial charge in [-0.05, 0) is 36.2 Å². The molecule has 1 aliphatic rings. The summed E-state index contributed by atoms with van der Waals surface area (Å²) in [6.45, 7) is 0.933. The average molecular weight is 434 g/mol. The van der Waals surface area contributed by atoms with Crippen LogP contribution in [0.1, 0.15) is 15.9 Å². The minimum atomic E-state index is -0.467. The SMILES string of the molecule is O=C(c1ccc(Br)cc1)N(CCc1ccccc1)C[C@H]1CN([N+](=O)[O-])CO1. The third kappa shape index (κ3) is 5.27. The minimum Gasteiger partial charge on any atom is -0.348 e. The van der Waals surface area contributed by atoms with Crippen molar-refractivity contribution in [2.75, 3.05) is 26.4 Å². The Hall–Kier alpha value is -2.45. The van der Waals surface area contributed by atoms with Gasteiger partial charge >= 0.3 is 0 Å². The Morgan fingerprint density at radius 1 is 1.22 bits per heavy atom. The zero-order valence-corrected chi connectivity index (χ0v) is 16.2. The Balaban J connectivity index is 1.70. The molecule has 0 radical (unpaired) electrons. The van der Waals surface area contributed by atoms with E-state index in [2.05, 4.69) is 15.9 Å². The van der Waals surface area contributed by atoms with Crippen LogP contribution < -0.4 is 0 Å². The number of ether oxygens (including phenoxy) is 1. The molecule has 0 spiro atoms. The summed E-state index contributed by atoms with van der Waals surface area (Å²) in [4.78, 5) is 25.6. The summed E-state index contributed by atoms with van der Waals surface area (Å²) in [7, 11) is 0. The number of benzene rings is 2. The summed E-state index contributed by atoms with van der Waals surface area (Å²) in [5.74, 6) is -0.110. The fourth-order valence-electron chi connectivity index (χ4n) is 2.96. The van der Waals surface area contributed by atoms with Gasteiger partial charge in [-0.25, -0.2) is 10.1 Å². The Bertz CT molecular complexity index is 785. The number of carbonyl (C=O) groups excluding carboxylic acids is 1. The normalized spacial score (nSPS) is 16.3. The lowest BCUT2D eigenvalue weighted by Gasteiger charge is -2.25. The molecule has 0 unspecified atom stereocenters. The van der Waals surface area contributed by atoms with Crippen LogP contribution in [0.5, 0.6) is 0 Å². The van der Waals surface area contributed by atoms with Crippen molar-refractivity contribution in [3.63, 3.8) is 0 Å². The first-order valence-electron chi connectivity index (χ1n) is 8.62. The predicted octanol–water partition coefficient (Wildman–Crippen LogP) is 2.98. The molecule has 1 fully saturated rings. The summed E-state index contributed by atoms with van der Waals surface area (Å²) in [6.07, 6.45) is 0.319. The summed E-state index contributed by atoms with van der Waals surface area (Å²) < 4.78 is 6.40. The fraction of sp³-hybridized carbons (Fsp3) is 0.316. The van der Waals surface area contributed by atoms with Crippen molar-refractivity contribution >= 4 is 21.8 Å². The Kier molecular flexibility index (Phi) is 6.41. The molecule has 1 atom stereocenters. The van der Waals surface area contributed by atoms with Gasteiger partial charge in [-0.2, -0.15) is 0 Å². The van der Waals surface area contributed by atoms with E-state index in [1.807, 2.05) is 42.5 Å². The van der Waals surface area contributed by atoms with Gasteiger partial charge in [0.25, 0.3) is 5.91 Å². The van der Waals surface area contributed by atoms with Crippen molar-refractivity contribution in [1.29, 1.82) is 0 Å². The van der Waals surface area contributed by atoms with Gasteiger partial charge in [0, 0.05) is 23.1 Å². The third-order valence-corrected chi connectivity index (χ3v) is 4.95. The van der Waals surface area contributed by atoms with Crippen molar-refractivity contribution in [2.24, 2.45) is 0 Å². The van der Waals surface area contributed by atoms with Crippen molar-refractivity contribution in [2.45, 2.75) is 12.5 Å². The van der Waals surface area contributed by atoms with E-state index in [4.69, 9.17) is 4.74 Å². The van der Waals surface area contributed by atoms with E-state index in [1.54, 1.807) is 17.0 Å². The van der Waals surface area contributed by atoms with Crippen molar-refractivity contribution in [3.8, 4) is 0 Å². The quantitative estimate of drug-likeness (QED) is 0.495. The highest BCUT2D eigenvalue weighted by Gasteiger charge is 2.32. The summed E-state index contributed by atoms with van der Waals surface area (Å²) in [6, 6.07) is 17.1. The number of nitrogens with zero attached hydrogens (tertiary/aromatic N) is 3. The predicted molar refractivity (Wildman–Crippen MR) is 104 cm³/mol. The van der Waals surface area contributed by atoms with E-state index in [-0.39, 0.29) is 25.3 Å². The third-order valence-electron chi connectivity index (χ3n) is 4.42. The van der Waals surface area contributed by atoms with Crippen LogP contribution >= 0.6 is 15.9 Å². The first-order valence-corrected chi connectivity index (χ1v) is 9.42. The molecule has 7 nitrogen and oxygen atoms in total. The molecular weight excluding hydrogens is 414 g/mol. The number of rotatable bonds is 7. The van der Waals surface area contributed by atoms with Gasteiger partial charge < -0.3 is 9.64 Å². The lowest BCUT2D eigenvalue weighted by molar-refractivity contribution is -0.654. The van der Waals surface area contributed by atoms with Crippen LogP contribution in [0.3, 0.4) is 0 Å². The van der Waals surface area contributed by atoms with Crippen molar-refractivity contribution < 1.29 is 14.6 Å². The molecule has 1 amide bonds. The van der Waals surface area contributed by atoms with E-state index in [0.29, 0.717) is 25.1 Å². The van der Waals surface area contributed by atoms with Gasteiger partial charge in [-0.3, -0.25) is 4.79 Å². The molecule has 1 saturated heterocycles. The monoisotopic (exact) mass is 433 g/mol. The van der Waals surface area contributed by atoms with Crippen LogP contribution in [-0.2, 0) is 11.2 Å². The molecule has 0 aromatic heterocycles. The van der Waals surface area contributed by atoms with Crippen LogP contribution in [0.15, 0.2) is 59.1 Å². The first kappa shape index (κ1) is 19.3. The average Bonchev–Trinajstić information content (AvgIpc) is 3.15. The number of carbonyl (C=O) groups is 1. The van der Waals surface area contributed by atoms with Gasteiger partial charge in [0.05, 0.1) is 0 Å². The van der Waals surface area contributed by atoms with Crippen molar-refractivity contribution in [1.82, 2.24) is 9.91 Å². The zero-order valence-electron chi connectivity index (χ0n) is 14.7. The van der Waals surface area contributed by atoms with E-state index in [1.165, 1.54) is 0 Å². The minimum absolute atomic E-state index is 0.0589. The largest absolute Gasteiger partial charge is 0.348 e. The van der Waals surface area contributed by atoms with Crippen LogP contribution in [-0.4, -0.2) is 53.3 Å². The Labute approximate surface area is 165 Å². The molecule has 2 aromatic carbocycles.